The Morgan fingerprint density at radius 3 is 2.44 bits per heavy atom. The van der Waals surface area contributed by atoms with E-state index in [4.69, 9.17) is 18.0 Å². The predicted molar refractivity (Wildman–Crippen MR) is 82.9 cm³/mol. The number of rotatable bonds is 6. The van der Waals surface area contributed by atoms with E-state index in [1.807, 2.05) is 0 Å². The number of benzene rings is 1. The van der Waals surface area contributed by atoms with Crippen molar-refractivity contribution in [2.24, 2.45) is 5.73 Å². The molecule has 2 N–H and O–H groups in total. The van der Waals surface area contributed by atoms with Crippen LogP contribution in [0.3, 0.4) is 0 Å². The lowest BCUT2D eigenvalue weighted by atomic mass is 10.1. The Morgan fingerprint density at radius 1 is 1.28 bits per heavy atom. The number of hydrogen-bond donors (Lipinski definition) is 1. The minimum Gasteiger partial charge on any atom is -0.393 e. The van der Waals surface area contributed by atoms with Gasteiger partial charge in [0.05, 0.1) is 4.99 Å². The summed E-state index contributed by atoms with van der Waals surface area (Å²) in [6.07, 6.45) is 0.790. The molecule has 0 bridgehead atoms. The fraction of sp³-hybridized carbons (Fsp3) is 0.533. The van der Waals surface area contributed by atoms with Gasteiger partial charge in [0.15, 0.2) is 0 Å². The van der Waals surface area contributed by atoms with Gasteiger partial charge >= 0.3 is 0 Å². The Bertz CT molecular complexity index is 413. The Kier molecular flexibility index (Phi) is 5.76. The van der Waals surface area contributed by atoms with Crippen molar-refractivity contribution in [3.05, 3.63) is 34.9 Å². The molecule has 3 heteroatoms. The van der Waals surface area contributed by atoms with E-state index < -0.39 is 0 Å². The van der Waals surface area contributed by atoms with Gasteiger partial charge in [0, 0.05) is 25.6 Å². The van der Waals surface area contributed by atoms with Crippen molar-refractivity contribution < 1.29 is 0 Å². The van der Waals surface area contributed by atoms with Crippen LogP contribution in [0.1, 0.15) is 37.0 Å². The smallest absolute Gasteiger partial charge is 0.0740 e. The van der Waals surface area contributed by atoms with Gasteiger partial charge in [-0.15, -0.1) is 0 Å². The minimum absolute atomic E-state index is 0.501. The molecule has 0 aliphatic carbocycles. The highest BCUT2D eigenvalue weighted by atomic mass is 32.1. The van der Waals surface area contributed by atoms with E-state index >= 15 is 0 Å². The van der Waals surface area contributed by atoms with E-state index in [2.05, 4.69) is 50.8 Å². The lowest BCUT2D eigenvalue weighted by Gasteiger charge is -2.26. The second kappa shape index (κ2) is 6.86. The summed E-state index contributed by atoms with van der Waals surface area (Å²) in [5.74, 6) is 0. The van der Waals surface area contributed by atoms with Crippen LogP contribution in [0.4, 0.5) is 0 Å². The predicted octanol–water partition coefficient (Wildman–Crippen LogP) is 3.19. The number of hydrogen-bond acceptors (Lipinski definition) is 2. The lowest BCUT2D eigenvalue weighted by molar-refractivity contribution is 0.219. The highest BCUT2D eigenvalue weighted by molar-refractivity contribution is 7.80. The molecular weight excluding hydrogens is 240 g/mol. The molecule has 0 amide bonds. The van der Waals surface area contributed by atoms with Crippen molar-refractivity contribution in [1.29, 1.82) is 0 Å². The summed E-state index contributed by atoms with van der Waals surface area (Å²) in [6.45, 7) is 10.6. The van der Waals surface area contributed by atoms with E-state index in [0.717, 1.165) is 19.5 Å². The second-order valence-electron chi connectivity index (χ2n) is 5.20. The Labute approximate surface area is 116 Å². The number of nitrogens with two attached hydrogens (primary N) is 1. The van der Waals surface area contributed by atoms with Crippen molar-refractivity contribution in [2.75, 3.05) is 6.54 Å². The molecule has 0 aromatic heterocycles. The van der Waals surface area contributed by atoms with Crippen LogP contribution in [-0.4, -0.2) is 22.5 Å². The third-order valence-corrected chi connectivity index (χ3v) is 3.54. The molecule has 0 aliphatic heterocycles. The Morgan fingerprint density at radius 2 is 1.94 bits per heavy atom. The molecule has 100 valence electrons. The monoisotopic (exact) mass is 264 g/mol. The maximum atomic E-state index is 5.58. The summed E-state index contributed by atoms with van der Waals surface area (Å²) in [4.78, 5) is 3.00. The third kappa shape index (κ3) is 4.75. The van der Waals surface area contributed by atoms with Gasteiger partial charge in [0.2, 0.25) is 0 Å². The molecule has 18 heavy (non-hydrogen) atoms. The van der Waals surface area contributed by atoms with Crippen molar-refractivity contribution in [3.8, 4) is 0 Å². The van der Waals surface area contributed by atoms with Crippen LogP contribution in [0.2, 0.25) is 0 Å². The molecule has 0 heterocycles. The number of aryl methyl sites for hydroxylation is 2. The van der Waals surface area contributed by atoms with Gasteiger partial charge < -0.3 is 5.73 Å². The number of thiocarbonyl (C=S) groups is 1. The molecule has 0 saturated carbocycles. The van der Waals surface area contributed by atoms with Crippen LogP contribution < -0.4 is 5.73 Å². The fourth-order valence-electron chi connectivity index (χ4n) is 1.91. The van der Waals surface area contributed by atoms with Crippen LogP contribution in [0, 0.1) is 13.8 Å². The molecule has 0 unspecified atom stereocenters. The van der Waals surface area contributed by atoms with Crippen molar-refractivity contribution in [2.45, 2.75) is 46.7 Å². The van der Waals surface area contributed by atoms with E-state index in [1.165, 1.54) is 16.7 Å². The Hall–Kier alpha value is -0.930. The molecule has 0 fully saturated rings. The molecule has 2 nitrogen and oxygen atoms in total. The zero-order chi connectivity index (χ0) is 13.7. The van der Waals surface area contributed by atoms with Crippen molar-refractivity contribution >= 4 is 17.2 Å². The highest BCUT2D eigenvalue weighted by Gasteiger charge is 2.10. The first kappa shape index (κ1) is 15.1. The summed E-state index contributed by atoms with van der Waals surface area (Å²) in [6, 6.07) is 7.17. The second-order valence-corrected chi connectivity index (χ2v) is 5.72. The van der Waals surface area contributed by atoms with Gasteiger partial charge in [-0.1, -0.05) is 30.4 Å². The third-order valence-electron chi connectivity index (χ3n) is 3.33. The topological polar surface area (TPSA) is 29.3 Å². The van der Waals surface area contributed by atoms with E-state index in [9.17, 15) is 0 Å². The quantitative estimate of drug-likeness (QED) is 0.800. The molecule has 0 spiro atoms. The molecule has 1 aromatic rings. The summed E-state index contributed by atoms with van der Waals surface area (Å²) in [5, 5.41) is 0. The number of nitrogens with zero attached hydrogens (tertiary/aromatic N) is 1. The van der Waals surface area contributed by atoms with Gasteiger partial charge in [-0.2, -0.15) is 0 Å². The first-order chi connectivity index (χ1) is 8.40. The zero-order valence-corrected chi connectivity index (χ0v) is 12.7. The maximum absolute atomic E-state index is 5.58. The summed E-state index contributed by atoms with van der Waals surface area (Å²) < 4.78 is 0. The molecule has 0 atom stereocenters. The molecule has 1 rings (SSSR count). The van der Waals surface area contributed by atoms with E-state index in [1.54, 1.807) is 0 Å². The summed E-state index contributed by atoms with van der Waals surface area (Å²) in [5.41, 5.74) is 9.64. The highest BCUT2D eigenvalue weighted by Crippen LogP contribution is 2.13. The zero-order valence-electron chi connectivity index (χ0n) is 11.9. The van der Waals surface area contributed by atoms with Gasteiger partial charge in [0.25, 0.3) is 0 Å². The molecule has 0 saturated heterocycles. The maximum Gasteiger partial charge on any atom is 0.0740 e. The van der Waals surface area contributed by atoms with Crippen LogP contribution in [0.15, 0.2) is 18.2 Å². The first-order valence-electron chi connectivity index (χ1n) is 6.48. The van der Waals surface area contributed by atoms with Gasteiger partial charge in [-0.05, 0) is 44.4 Å². The van der Waals surface area contributed by atoms with Crippen molar-refractivity contribution in [3.63, 3.8) is 0 Å². The molecular formula is C15H24N2S. The average Bonchev–Trinajstić information content (AvgIpc) is 2.28. The fourth-order valence-corrected chi connectivity index (χ4v) is 2.00. The van der Waals surface area contributed by atoms with Crippen LogP contribution in [0.5, 0.6) is 0 Å². The van der Waals surface area contributed by atoms with Crippen LogP contribution in [-0.2, 0) is 6.54 Å². The Balaban J connectivity index is 2.70. The van der Waals surface area contributed by atoms with E-state index in [0.29, 0.717) is 11.0 Å². The minimum atomic E-state index is 0.501. The van der Waals surface area contributed by atoms with Gasteiger partial charge in [-0.3, -0.25) is 4.90 Å². The standard InChI is InChI=1S/C15H24N2S/c1-11(2)17(8-7-15(16)18)10-14-6-5-12(3)13(4)9-14/h5-6,9,11H,7-8,10H2,1-4H3,(H2,16,18). The lowest BCUT2D eigenvalue weighted by Crippen LogP contribution is -2.33. The largest absolute Gasteiger partial charge is 0.393 e. The molecule has 0 aliphatic rings. The van der Waals surface area contributed by atoms with Gasteiger partial charge in [-0.25, -0.2) is 0 Å². The summed E-state index contributed by atoms with van der Waals surface area (Å²) >= 11 is 4.95. The van der Waals surface area contributed by atoms with Gasteiger partial charge in [0.1, 0.15) is 0 Å². The normalized spacial score (nSPS) is 11.2. The summed E-state index contributed by atoms with van der Waals surface area (Å²) in [7, 11) is 0. The molecule has 1 aromatic carbocycles. The van der Waals surface area contributed by atoms with Crippen LogP contribution in [0.25, 0.3) is 0 Å². The average molecular weight is 264 g/mol. The SMILES string of the molecule is Cc1ccc(CN(CCC(N)=S)C(C)C)cc1C. The van der Waals surface area contributed by atoms with Crippen molar-refractivity contribution in [1.82, 2.24) is 4.90 Å². The molecule has 0 radical (unpaired) electrons. The first-order valence-corrected chi connectivity index (χ1v) is 6.89. The van der Waals surface area contributed by atoms with E-state index in [-0.39, 0.29) is 0 Å². The van der Waals surface area contributed by atoms with Crippen LogP contribution >= 0.6 is 12.2 Å².